The van der Waals surface area contributed by atoms with E-state index in [1.165, 1.54) is 0 Å². The first-order valence-electron chi connectivity index (χ1n) is 10.9. The zero-order valence-corrected chi connectivity index (χ0v) is 20.4. The van der Waals surface area contributed by atoms with Crippen LogP contribution in [0.2, 0.25) is 0 Å². The Hall–Kier alpha value is -2.61. The fourth-order valence-electron chi connectivity index (χ4n) is 3.78. The molecule has 0 spiro atoms. The zero-order valence-electron chi connectivity index (χ0n) is 18.8. The van der Waals surface area contributed by atoms with Crippen molar-refractivity contribution < 1.29 is 14.3 Å². The molecule has 1 aliphatic rings. The molecule has 1 saturated carbocycles. The summed E-state index contributed by atoms with van der Waals surface area (Å²) in [5.74, 6) is 0.613. The molecule has 2 N–H and O–H groups in total. The Labute approximate surface area is 198 Å². The van der Waals surface area contributed by atoms with Gasteiger partial charge in [-0.15, -0.1) is 0 Å². The van der Waals surface area contributed by atoms with Crippen LogP contribution in [-0.4, -0.2) is 34.8 Å². The van der Waals surface area contributed by atoms with E-state index in [1.807, 2.05) is 63.2 Å². The summed E-state index contributed by atoms with van der Waals surface area (Å²) in [7, 11) is 0. The zero-order chi connectivity index (χ0) is 23.1. The molecule has 0 bridgehead atoms. The van der Waals surface area contributed by atoms with E-state index in [-0.39, 0.29) is 18.1 Å². The van der Waals surface area contributed by atoms with Crippen LogP contribution < -0.4 is 15.5 Å². The van der Waals surface area contributed by atoms with Crippen LogP contribution in [0.25, 0.3) is 0 Å². The molecule has 0 aliphatic heterocycles. The van der Waals surface area contributed by atoms with Crippen molar-refractivity contribution in [1.29, 1.82) is 0 Å². The minimum atomic E-state index is -0.526. The van der Waals surface area contributed by atoms with Crippen molar-refractivity contribution in [1.82, 2.24) is 15.6 Å². The SMILES string of the molecule is CC(C)(C)OC(=O)NC1CCC(N(C(=O)NCc2ccccc2)c2ccc(Br)cn2)CC1. The molecular formula is C24H31BrN4O3. The number of carbonyl (C=O) groups excluding carboxylic acids is 2. The van der Waals surface area contributed by atoms with Crippen molar-refractivity contribution in [3.63, 3.8) is 0 Å². The number of hydrogen-bond donors (Lipinski definition) is 2. The Morgan fingerprint density at radius 1 is 1.09 bits per heavy atom. The molecule has 0 radical (unpaired) electrons. The number of rotatable bonds is 5. The molecule has 8 heteroatoms. The van der Waals surface area contributed by atoms with E-state index in [9.17, 15) is 9.59 Å². The van der Waals surface area contributed by atoms with E-state index < -0.39 is 11.7 Å². The molecule has 3 rings (SSSR count). The van der Waals surface area contributed by atoms with Gasteiger partial charge in [-0.05, 0) is 80.1 Å². The van der Waals surface area contributed by atoms with E-state index in [1.54, 1.807) is 11.1 Å². The number of alkyl carbamates (subject to hydrolysis) is 1. The van der Waals surface area contributed by atoms with Crippen molar-refractivity contribution in [2.45, 2.75) is 70.7 Å². The summed E-state index contributed by atoms with van der Waals surface area (Å²) in [4.78, 5) is 31.5. The van der Waals surface area contributed by atoms with E-state index in [0.29, 0.717) is 12.4 Å². The highest BCUT2D eigenvalue weighted by Crippen LogP contribution is 2.28. The number of benzene rings is 1. The highest BCUT2D eigenvalue weighted by molar-refractivity contribution is 9.10. The van der Waals surface area contributed by atoms with Crippen LogP contribution >= 0.6 is 15.9 Å². The van der Waals surface area contributed by atoms with Crippen LogP contribution in [0.15, 0.2) is 53.1 Å². The maximum Gasteiger partial charge on any atom is 0.407 e. The van der Waals surface area contributed by atoms with Crippen LogP contribution in [-0.2, 0) is 11.3 Å². The van der Waals surface area contributed by atoms with Crippen LogP contribution in [0.4, 0.5) is 15.4 Å². The second kappa shape index (κ2) is 10.8. The predicted octanol–water partition coefficient (Wildman–Crippen LogP) is 5.40. The van der Waals surface area contributed by atoms with E-state index in [0.717, 1.165) is 35.7 Å². The molecule has 1 aromatic heterocycles. The van der Waals surface area contributed by atoms with Gasteiger partial charge in [-0.2, -0.15) is 0 Å². The summed E-state index contributed by atoms with van der Waals surface area (Å²) in [5.41, 5.74) is 0.511. The lowest BCUT2D eigenvalue weighted by atomic mass is 9.90. The minimum Gasteiger partial charge on any atom is -0.444 e. The lowest BCUT2D eigenvalue weighted by Gasteiger charge is -2.36. The van der Waals surface area contributed by atoms with Gasteiger partial charge < -0.3 is 15.4 Å². The number of halogens is 1. The maximum absolute atomic E-state index is 13.2. The average molecular weight is 503 g/mol. The highest BCUT2D eigenvalue weighted by Gasteiger charge is 2.32. The van der Waals surface area contributed by atoms with Gasteiger partial charge in [0.1, 0.15) is 11.4 Å². The van der Waals surface area contributed by atoms with Gasteiger partial charge in [0.05, 0.1) is 0 Å². The standard InChI is InChI=1S/C24H31BrN4O3/c1-24(2,3)32-23(31)28-19-10-12-20(13-11-19)29(21-14-9-18(25)16-26-21)22(30)27-15-17-7-5-4-6-8-17/h4-9,14,16,19-20H,10-13,15H2,1-3H3,(H,27,30)(H,28,31). The van der Waals surface area contributed by atoms with Gasteiger partial charge in [0, 0.05) is 29.3 Å². The fraction of sp³-hybridized carbons (Fsp3) is 0.458. The number of amides is 3. The molecule has 7 nitrogen and oxygen atoms in total. The first-order valence-corrected chi connectivity index (χ1v) is 11.7. The fourth-order valence-corrected chi connectivity index (χ4v) is 4.01. The number of carbonyl (C=O) groups is 2. The second-order valence-electron chi connectivity index (χ2n) is 9.00. The van der Waals surface area contributed by atoms with Crippen LogP contribution in [0.5, 0.6) is 0 Å². The lowest BCUT2D eigenvalue weighted by molar-refractivity contribution is 0.0491. The maximum atomic E-state index is 13.2. The molecule has 2 aromatic rings. The number of hydrogen-bond acceptors (Lipinski definition) is 4. The summed E-state index contributed by atoms with van der Waals surface area (Å²) in [6, 6.07) is 13.4. The van der Waals surface area contributed by atoms with Crippen molar-refractivity contribution in [2.75, 3.05) is 4.90 Å². The van der Waals surface area contributed by atoms with Gasteiger partial charge in [0.15, 0.2) is 0 Å². The summed E-state index contributed by atoms with van der Waals surface area (Å²) >= 11 is 3.41. The summed E-state index contributed by atoms with van der Waals surface area (Å²) in [5, 5.41) is 5.98. The Bertz CT molecular complexity index is 892. The number of ether oxygens (including phenoxy) is 1. The van der Waals surface area contributed by atoms with Gasteiger partial charge >= 0.3 is 12.1 Å². The van der Waals surface area contributed by atoms with Gasteiger partial charge in [-0.25, -0.2) is 14.6 Å². The molecular weight excluding hydrogens is 472 g/mol. The molecule has 1 heterocycles. The largest absolute Gasteiger partial charge is 0.444 e. The van der Waals surface area contributed by atoms with Crippen molar-refractivity contribution in [3.05, 3.63) is 58.7 Å². The Morgan fingerprint density at radius 2 is 1.78 bits per heavy atom. The third-order valence-corrected chi connectivity index (χ3v) is 5.72. The quantitative estimate of drug-likeness (QED) is 0.573. The Kier molecular flexibility index (Phi) is 8.12. The monoisotopic (exact) mass is 502 g/mol. The van der Waals surface area contributed by atoms with E-state index in [2.05, 4.69) is 31.5 Å². The number of aromatic nitrogens is 1. The molecule has 1 fully saturated rings. The first kappa shape index (κ1) is 24.0. The Balaban J connectivity index is 1.64. The summed E-state index contributed by atoms with van der Waals surface area (Å²) < 4.78 is 6.23. The lowest BCUT2D eigenvalue weighted by Crippen LogP contribution is -2.50. The van der Waals surface area contributed by atoms with Crippen molar-refractivity contribution >= 4 is 33.9 Å². The molecule has 3 amide bonds. The third-order valence-electron chi connectivity index (χ3n) is 5.25. The van der Waals surface area contributed by atoms with Gasteiger partial charge in [-0.1, -0.05) is 30.3 Å². The normalized spacial score (nSPS) is 18.5. The number of pyridine rings is 1. The van der Waals surface area contributed by atoms with Gasteiger partial charge in [-0.3, -0.25) is 4.90 Å². The summed E-state index contributed by atoms with van der Waals surface area (Å²) in [6.45, 7) is 5.99. The molecule has 1 aromatic carbocycles. The second-order valence-corrected chi connectivity index (χ2v) is 9.92. The van der Waals surface area contributed by atoms with E-state index in [4.69, 9.17) is 4.74 Å². The topological polar surface area (TPSA) is 83.6 Å². The third kappa shape index (κ3) is 7.22. The summed E-state index contributed by atoms with van der Waals surface area (Å²) in [6.07, 6.45) is 4.36. The Morgan fingerprint density at radius 3 is 2.38 bits per heavy atom. The molecule has 1 aliphatic carbocycles. The molecule has 0 atom stereocenters. The highest BCUT2D eigenvalue weighted by atomic mass is 79.9. The van der Waals surface area contributed by atoms with Crippen molar-refractivity contribution in [2.24, 2.45) is 0 Å². The molecule has 32 heavy (non-hydrogen) atoms. The van der Waals surface area contributed by atoms with Crippen molar-refractivity contribution in [3.8, 4) is 0 Å². The van der Waals surface area contributed by atoms with Gasteiger partial charge in [0.2, 0.25) is 0 Å². The molecule has 172 valence electrons. The smallest absolute Gasteiger partial charge is 0.407 e. The van der Waals surface area contributed by atoms with Crippen LogP contribution in [0.1, 0.15) is 52.0 Å². The number of anilines is 1. The number of urea groups is 1. The van der Waals surface area contributed by atoms with Crippen LogP contribution in [0.3, 0.4) is 0 Å². The number of nitrogens with zero attached hydrogens (tertiary/aromatic N) is 2. The molecule has 0 saturated heterocycles. The first-order chi connectivity index (χ1) is 15.2. The van der Waals surface area contributed by atoms with E-state index >= 15 is 0 Å². The minimum absolute atomic E-state index is 0.00358. The van der Waals surface area contributed by atoms with Gasteiger partial charge in [0.25, 0.3) is 0 Å². The average Bonchev–Trinajstić information content (AvgIpc) is 2.74. The predicted molar refractivity (Wildman–Crippen MR) is 129 cm³/mol. The molecule has 0 unspecified atom stereocenters. The number of nitrogens with one attached hydrogen (secondary N) is 2. The van der Waals surface area contributed by atoms with Crippen LogP contribution in [0, 0.1) is 0 Å².